The lowest BCUT2D eigenvalue weighted by Gasteiger charge is -2.11. The van der Waals surface area contributed by atoms with E-state index in [1.165, 1.54) is 46.8 Å². The van der Waals surface area contributed by atoms with Crippen molar-refractivity contribution in [2.75, 3.05) is 39.1 Å². The summed E-state index contributed by atoms with van der Waals surface area (Å²) in [5, 5.41) is 5.49. The zero-order chi connectivity index (χ0) is 23.1. The molecule has 0 bridgehead atoms. The van der Waals surface area contributed by atoms with E-state index < -0.39 is 11.8 Å². The molecule has 2 N–H and O–H groups in total. The van der Waals surface area contributed by atoms with E-state index in [0.29, 0.717) is 34.4 Å². The molecule has 0 aliphatic carbocycles. The Balaban J connectivity index is 1.71. The highest BCUT2D eigenvalue weighted by Crippen LogP contribution is 2.27. The summed E-state index contributed by atoms with van der Waals surface area (Å²) in [5.74, 6) is 1.32. The smallest absolute Gasteiger partial charge is 0.274 e. The van der Waals surface area contributed by atoms with Gasteiger partial charge in [-0.1, -0.05) is 0 Å². The maximum atomic E-state index is 12.6. The monoisotopic (exact) mass is 437 g/mol. The largest absolute Gasteiger partial charge is 0.497 e. The van der Waals surface area contributed by atoms with Crippen LogP contribution in [0.3, 0.4) is 0 Å². The van der Waals surface area contributed by atoms with Crippen molar-refractivity contribution in [1.82, 2.24) is 4.98 Å². The minimum atomic E-state index is -0.440. The van der Waals surface area contributed by atoms with Gasteiger partial charge in [0.1, 0.15) is 28.7 Å². The summed E-state index contributed by atoms with van der Waals surface area (Å²) in [7, 11) is 6.09. The van der Waals surface area contributed by atoms with Gasteiger partial charge in [-0.3, -0.25) is 14.6 Å². The fourth-order valence-electron chi connectivity index (χ4n) is 2.82. The van der Waals surface area contributed by atoms with Crippen LogP contribution in [0.25, 0.3) is 0 Å². The Labute approximate surface area is 185 Å². The molecule has 166 valence electrons. The molecule has 2 amide bonds. The van der Waals surface area contributed by atoms with Gasteiger partial charge in [0, 0.05) is 54.0 Å². The molecule has 0 aliphatic heterocycles. The Hall–Kier alpha value is -4.27. The van der Waals surface area contributed by atoms with Crippen LogP contribution in [0.2, 0.25) is 0 Å². The van der Waals surface area contributed by atoms with Gasteiger partial charge in [0.25, 0.3) is 11.8 Å². The molecule has 2 aromatic carbocycles. The average Bonchev–Trinajstić information content (AvgIpc) is 2.83. The third-order valence-corrected chi connectivity index (χ3v) is 4.48. The summed E-state index contributed by atoms with van der Waals surface area (Å²) in [5.41, 5.74) is 1.42. The number of carbonyl (C=O) groups is 2. The molecule has 3 aromatic rings. The van der Waals surface area contributed by atoms with E-state index in [1.807, 2.05) is 0 Å². The van der Waals surface area contributed by atoms with Gasteiger partial charge in [-0.2, -0.15) is 0 Å². The van der Waals surface area contributed by atoms with Crippen LogP contribution in [0.4, 0.5) is 11.4 Å². The Morgan fingerprint density at radius 3 is 1.47 bits per heavy atom. The molecule has 0 atom stereocenters. The van der Waals surface area contributed by atoms with E-state index in [4.69, 9.17) is 18.9 Å². The zero-order valence-corrected chi connectivity index (χ0v) is 18.1. The SMILES string of the molecule is COc1cc(NC(=O)c2ccc(C(=O)Nc3cc(OC)cc(OC)c3)nc2)cc(OC)c1. The number of amides is 2. The Kier molecular flexibility index (Phi) is 7.12. The number of nitrogens with one attached hydrogen (secondary N) is 2. The van der Waals surface area contributed by atoms with Gasteiger partial charge in [-0.05, 0) is 12.1 Å². The molecule has 1 aromatic heterocycles. The molecule has 0 unspecified atom stereocenters. The fraction of sp³-hybridized carbons (Fsp3) is 0.174. The quantitative estimate of drug-likeness (QED) is 0.554. The Morgan fingerprint density at radius 2 is 1.09 bits per heavy atom. The van der Waals surface area contributed by atoms with Crippen molar-refractivity contribution in [3.05, 3.63) is 66.0 Å². The molecule has 0 saturated carbocycles. The van der Waals surface area contributed by atoms with Gasteiger partial charge in [0.05, 0.1) is 34.0 Å². The second-order valence-electron chi connectivity index (χ2n) is 6.54. The van der Waals surface area contributed by atoms with Crippen LogP contribution in [0, 0.1) is 0 Å². The lowest BCUT2D eigenvalue weighted by molar-refractivity contribution is 0.101. The minimum Gasteiger partial charge on any atom is -0.497 e. The molecule has 0 aliphatic rings. The lowest BCUT2D eigenvalue weighted by atomic mass is 10.2. The van der Waals surface area contributed by atoms with Gasteiger partial charge >= 0.3 is 0 Å². The highest BCUT2D eigenvalue weighted by Gasteiger charge is 2.13. The molecule has 0 fully saturated rings. The van der Waals surface area contributed by atoms with Gasteiger partial charge in [-0.15, -0.1) is 0 Å². The van der Waals surface area contributed by atoms with Crippen LogP contribution < -0.4 is 29.6 Å². The highest BCUT2D eigenvalue weighted by molar-refractivity contribution is 6.06. The average molecular weight is 437 g/mol. The van der Waals surface area contributed by atoms with Gasteiger partial charge in [0.15, 0.2) is 0 Å². The molecule has 9 nitrogen and oxygen atoms in total. The lowest BCUT2D eigenvalue weighted by Crippen LogP contribution is -2.16. The fourth-order valence-corrected chi connectivity index (χ4v) is 2.82. The summed E-state index contributed by atoms with van der Waals surface area (Å²) >= 11 is 0. The first kappa shape index (κ1) is 22.4. The summed E-state index contributed by atoms with van der Waals surface area (Å²) < 4.78 is 20.8. The predicted molar refractivity (Wildman–Crippen MR) is 119 cm³/mol. The van der Waals surface area contributed by atoms with E-state index in [1.54, 1.807) is 36.4 Å². The molecule has 32 heavy (non-hydrogen) atoms. The zero-order valence-electron chi connectivity index (χ0n) is 18.1. The van der Waals surface area contributed by atoms with E-state index >= 15 is 0 Å². The number of hydrogen-bond acceptors (Lipinski definition) is 7. The number of rotatable bonds is 8. The Bertz CT molecular complexity index is 982. The number of pyridine rings is 1. The normalized spacial score (nSPS) is 10.1. The molecular formula is C23H23N3O6. The number of anilines is 2. The van der Waals surface area contributed by atoms with E-state index in [2.05, 4.69) is 15.6 Å². The second-order valence-corrected chi connectivity index (χ2v) is 6.54. The first-order valence-corrected chi connectivity index (χ1v) is 9.50. The van der Waals surface area contributed by atoms with Crippen LogP contribution in [0.5, 0.6) is 23.0 Å². The van der Waals surface area contributed by atoms with Crippen LogP contribution in [-0.4, -0.2) is 45.2 Å². The first-order valence-electron chi connectivity index (χ1n) is 9.50. The topological polar surface area (TPSA) is 108 Å². The van der Waals surface area contributed by atoms with Crippen molar-refractivity contribution >= 4 is 23.2 Å². The third-order valence-electron chi connectivity index (χ3n) is 4.48. The minimum absolute atomic E-state index is 0.145. The summed E-state index contributed by atoms with van der Waals surface area (Å²) in [6.45, 7) is 0. The number of nitrogens with zero attached hydrogens (tertiary/aromatic N) is 1. The van der Waals surface area contributed by atoms with Crippen LogP contribution in [-0.2, 0) is 0 Å². The molecular weight excluding hydrogens is 414 g/mol. The summed E-state index contributed by atoms with van der Waals surface area (Å²) in [4.78, 5) is 29.2. The van der Waals surface area contributed by atoms with Crippen molar-refractivity contribution in [3.63, 3.8) is 0 Å². The van der Waals surface area contributed by atoms with Crippen molar-refractivity contribution in [3.8, 4) is 23.0 Å². The van der Waals surface area contributed by atoms with Crippen LogP contribution in [0.15, 0.2) is 54.7 Å². The van der Waals surface area contributed by atoms with Gasteiger partial charge in [-0.25, -0.2) is 0 Å². The first-order chi connectivity index (χ1) is 15.4. The van der Waals surface area contributed by atoms with E-state index in [0.717, 1.165) is 0 Å². The van der Waals surface area contributed by atoms with Crippen molar-refractivity contribution in [2.24, 2.45) is 0 Å². The van der Waals surface area contributed by atoms with E-state index in [-0.39, 0.29) is 11.3 Å². The third kappa shape index (κ3) is 5.45. The molecule has 9 heteroatoms. The van der Waals surface area contributed by atoms with Crippen molar-refractivity contribution in [1.29, 1.82) is 0 Å². The maximum absolute atomic E-state index is 12.6. The van der Waals surface area contributed by atoms with Gasteiger partial charge in [0.2, 0.25) is 0 Å². The summed E-state index contributed by atoms with van der Waals surface area (Å²) in [6, 6.07) is 13.0. The number of hydrogen-bond donors (Lipinski definition) is 2. The Morgan fingerprint density at radius 1 is 0.656 bits per heavy atom. The van der Waals surface area contributed by atoms with E-state index in [9.17, 15) is 9.59 Å². The molecule has 0 radical (unpaired) electrons. The number of aromatic nitrogens is 1. The van der Waals surface area contributed by atoms with Crippen molar-refractivity contribution < 1.29 is 28.5 Å². The number of ether oxygens (including phenoxy) is 4. The molecule has 1 heterocycles. The van der Waals surface area contributed by atoms with Crippen LogP contribution >= 0.6 is 0 Å². The molecule has 3 rings (SSSR count). The summed E-state index contributed by atoms with van der Waals surface area (Å²) in [6.07, 6.45) is 1.33. The second kappa shape index (κ2) is 10.2. The highest BCUT2D eigenvalue weighted by atomic mass is 16.5. The standard InChI is InChI=1S/C23H23N3O6/c1-29-17-7-15(8-18(11-17)30-2)25-22(27)14-5-6-21(24-13-14)23(28)26-16-9-19(31-3)12-20(10-16)32-4/h5-13H,1-4H3,(H,25,27)(H,26,28). The predicted octanol–water partition coefficient (Wildman–Crippen LogP) is 3.62. The number of carbonyl (C=O) groups excluding carboxylic acids is 2. The van der Waals surface area contributed by atoms with Gasteiger partial charge < -0.3 is 29.6 Å². The molecule has 0 saturated heterocycles. The maximum Gasteiger partial charge on any atom is 0.274 e. The van der Waals surface area contributed by atoms with Crippen molar-refractivity contribution in [2.45, 2.75) is 0 Å². The number of benzene rings is 2. The van der Waals surface area contributed by atoms with Crippen LogP contribution in [0.1, 0.15) is 20.8 Å². The number of methoxy groups -OCH3 is 4. The molecule has 0 spiro atoms.